The highest BCUT2D eigenvalue weighted by Crippen LogP contribution is 2.51. The molecule has 0 saturated heterocycles. The van der Waals surface area contributed by atoms with Crippen molar-refractivity contribution in [3.05, 3.63) is 29.3 Å². The van der Waals surface area contributed by atoms with Gasteiger partial charge in [-0.1, -0.05) is 30.9 Å². The van der Waals surface area contributed by atoms with Crippen LogP contribution in [0.25, 0.3) is 0 Å². The SMILES string of the molecule is C1CC2CC2C1.Cc1ccc(O)c(C(=O)O)c1. The predicted molar refractivity (Wildman–Crippen MR) is 65.3 cm³/mol. The number of aromatic carboxylic acids is 1. The highest BCUT2D eigenvalue weighted by Gasteiger charge is 2.40. The molecule has 3 heteroatoms. The molecule has 0 heterocycles. The van der Waals surface area contributed by atoms with Crippen LogP contribution < -0.4 is 0 Å². The lowest BCUT2D eigenvalue weighted by molar-refractivity contribution is 0.0693. The smallest absolute Gasteiger partial charge is 0.339 e. The first-order valence-corrected chi connectivity index (χ1v) is 6.11. The molecule has 2 atom stereocenters. The van der Waals surface area contributed by atoms with Crippen molar-refractivity contribution in [3.8, 4) is 5.75 Å². The van der Waals surface area contributed by atoms with E-state index in [9.17, 15) is 4.79 Å². The fourth-order valence-corrected chi connectivity index (χ4v) is 2.48. The standard InChI is InChI=1S/C8H8O3.C6H10/c1-5-2-3-7(9)6(4-5)8(10)11;1-2-5-4-6(5)3-1/h2-4,9H,1H3,(H,10,11);5-6H,1-4H2. The fraction of sp³-hybridized carbons (Fsp3) is 0.500. The van der Waals surface area contributed by atoms with Gasteiger partial charge in [0.05, 0.1) is 0 Å². The summed E-state index contributed by atoms with van der Waals surface area (Å²) in [7, 11) is 0. The van der Waals surface area contributed by atoms with E-state index in [2.05, 4.69) is 0 Å². The Bertz CT molecular complexity index is 417. The molecule has 0 spiro atoms. The number of aromatic hydroxyl groups is 1. The molecule has 2 aliphatic carbocycles. The van der Waals surface area contributed by atoms with Crippen LogP contribution >= 0.6 is 0 Å². The second-order valence-corrected chi connectivity index (χ2v) is 5.01. The molecule has 3 nitrogen and oxygen atoms in total. The van der Waals surface area contributed by atoms with E-state index in [0.29, 0.717) is 0 Å². The van der Waals surface area contributed by atoms with E-state index in [4.69, 9.17) is 10.2 Å². The molecule has 1 aromatic rings. The second-order valence-electron chi connectivity index (χ2n) is 5.01. The number of carbonyl (C=O) groups is 1. The lowest BCUT2D eigenvalue weighted by Crippen LogP contribution is -1.96. The van der Waals surface area contributed by atoms with Gasteiger partial charge in [0.2, 0.25) is 0 Å². The van der Waals surface area contributed by atoms with Crippen molar-refractivity contribution in [3.63, 3.8) is 0 Å². The fourth-order valence-electron chi connectivity index (χ4n) is 2.48. The predicted octanol–water partition coefficient (Wildman–Crippen LogP) is 3.21. The molecule has 2 aliphatic rings. The summed E-state index contributed by atoms with van der Waals surface area (Å²) < 4.78 is 0. The normalized spacial score (nSPS) is 24.5. The van der Waals surface area contributed by atoms with Gasteiger partial charge >= 0.3 is 5.97 Å². The third-order valence-corrected chi connectivity index (χ3v) is 3.60. The van der Waals surface area contributed by atoms with E-state index >= 15 is 0 Å². The molecule has 0 radical (unpaired) electrons. The van der Waals surface area contributed by atoms with Gasteiger partial charge in [-0.2, -0.15) is 0 Å². The van der Waals surface area contributed by atoms with Crippen molar-refractivity contribution < 1.29 is 15.0 Å². The first-order chi connectivity index (χ1) is 8.08. The first-order valence-electron chi connectivity index (χ1n) is 6.11. The van der Waals surface area contributed by atoms with Crippen LogP contribution in [0, 0.1) is 18.8 Å². The van der Waals surface area contributed by atoms with Crippen LogP contribution in [0.2, 0.25) is 0 Å². The Kier molecular flexibility index (Phi) is 3.36. The molecule has 1 aromatic carbocycles. The maximum Gasteiger partial charge on any atom is 0.339 e. The van der Waals surface area contributed by atoms with Crippen molar-refractivity contribution in [2.45, 2.75) is 32.6 Å². The summed E-state index contributed by atoms with van der Waals surface area (Å²) in [5.41, 5.74) is 0.769. The molecule has 0 aromatic heterocycles. The van der Waals surface area contributed by atoms with Crippen LogP contribution in [0.5, 0.6) is 5.75 Å². The van der Waals surface area contributed by atoms with E-state index in [0.717, 1.165) is 5.56 Å². The minimum Gasteiger partial charge on any atom is -0.507 e. The number of phenols is 1. The van der Waals surface area contributed by atoms with Crippen LogP contribution in [0.1, 0.15) is 41.6 Å². The van der Waals surface area contributed by atoms with Crippen molar-refractivity contribution >= 4 is 5.97 Å². The topological polar surface area (TPSA) is 57.5 Å². The molecular weight excluding hydrogens is 216 g/mol. The summed E-state index contributed by atoms with van der Waals surface area (Å²) in [4.78, 5) is 10.4. The van der Waals surface area contributed by atoms with Crippen molar-refractivity contribution in [1.29, 1.82) is 0 Å². The minimum atomic E-state index is -1.11. The number of benzene rings is 1. The first kappa shape index (κ1) is 12.0. The average Bonchev–Trinajstić information content (AvgIpc) is 2.90. The Labute approximate surface area is 101 Å². The van der Waals surface area contributed by atoms with Gasteiger partial charge in [0.1, 0.15) is 11.3 Å². The molecule has 17 heavy (non-hydrogen) atoms. The van der Waals surface area contributed by atoms with Gasteiger partial charge in [0, 0.05) is 0 Å². The number of carboxylic acid groups (broad SMARTS) is 1. The highest BCUT2D eigenvalue weighted by molar-refractivity contribution is 5.90. The van der Waals surface area contributed by atoms with E-state index in [1.54, 1.807) is 32.3 Å². The van der Waals surface area contributed by atoms with Gasteiger partial charge < -0.3 is 10.2 Å². The summed E-state index contributed by atoms with van der Waals surface area (Å²) in [6, 6.07) is 4.46. The van der Waals surface area contributed by atoms with Crippen molar-refractivity contribution in [2.75, 3.05) is 0 Å². The molecule has 2 saturated carbocycles. The van der Waals surface area contributed by atoms with Gasteiger partial charge in [-0.15, -0.1) is 0 Å². The van der Waals surface area contributed by atoms with Gasteiger partial charge in [-0.05, 0) is 37.3 Å². The number of hydrogen-bond donors (Lipinski definition) is 2. The molecule has 2 N–H and O–H groups in total. The molecule has 0 bridgehead atoms. The number of aryl methyl sites for hydroxylation is 1. The van der Waals surface area contributed by atoms with Gasteiger partial charge in [0.25, 0.3) is 0 Å². The Morgan fingerprint density at radius 2 is 1.94 bits per heavy atom. The number of hydrogen-bond acceptors (Lipinski definition) is 2. The third-order valence-electron chi connectivity index (χ3n) is 3.60. The van der Waals surface area contributed by atoms with E-state index in [1.165, 1.54) is 30.4 Å². The molecular formula is C14H18O3. The quantitative estimate of drug-likeness (QED) is 0.784. The third kappa shape index (κ3) is 2.99. The highest BCUT2D eigenvalue weighted by atomic mass is 16.4. The minimum absolute atomic E-state index is 0.0509. The van der Waals surface area contributed by atoms with E-state index in [-0.39, 0.29) is 11.3 Å². The number of fused-ring (bicyclic) bond motifs is 1. The zero-order valence-electron chi connectivity index (χ0n) is 10.0. The lowest BCUT2D eigenvalue weighted by Gasteiger charge is -1.98. The molecule has 2 unspecified atom stereocenters. The van der Waals surface area contributed by atoms with Gasteiger partial charge in [-0.3, -0.25) is 0 Å². The maximum atomic E-state index is 10.4. The second kappa shape index (κ2) is 4.78. The zero-order valence-corrected chi connectivity index (χ0v) is 10.0. The van der Waals surface area contributed by atoms with Crippen molar-refractivity contribution in [1.82, 2.24) is 0 Å². The largest absolute Gasteiger partial charge is 0.507 e. The average molecular weight is 234 g/mol. The number of rotatable bonds is 1. The van der Waals surface area contributed by atoms with Crippen LogP contribution in [0.4, 0.5) is 0 Å². The Hall–Kier alpha value is -1.51. The Morgan fingerprint density at radius 1 is 1.29 bits per heavy atom. The van der Waals surface area contributed by atoms with Gasteiger partial charge in [-0.25, -0.2) is 4.79 Å². The molecule has 2 fully saturated rings. The van der Waals surface area contributed by atoms with Crippen LogP contribution in [-0.4, -0.2) is 16.2 Å². The molecule has 3 rings (SSSR count). The maximum absolute atomic E-state index is 10.4. The zero-order chi connectivity index (χ0) is 12.4. The van der Waals surface area contributed by atoms with E-state index in [1.807, 2.05) is 0 Å². The Morgan fingerprint density at radius 3 is 2.29 bits per heavy atom. The lowest BCUT2D eigenvalue weighted by atomic mass is 10.1. The summed E-state index contributed by atoms with van der Waals surface area (Å²) >= 11 is 0. The monoisotopic (exact) mass is 234 g/mol. The van der Waals surface area contributed by atoms with Crippen LogP contribution in [-0.2, 0) is 0 Å². The molecule has 0 aliphatic heterocycles. The van der Waals surface area contributed by atoms with Crippen molar-refractivity contribution in [2.24, 2.45) is 11.8 Å². The molecule has 92 valence electrons. The summed E-state index contributed by atoms with van der Waals surface area (Å²) in [5, 5.41) is 17.6. The van der Waals surface area contributed by atoms with Gasteiger partial charge in [0.15, 0.2) is 0 Å². The summed E-state index contributed by atoms with van der Waals surface area (Å²) in [6.07, 6.45) is 6.24. The molecule has 0 amide bonds. The number of carboxylic acids is 1. The summed E-state index contributed by atoms with van der Waals surface area (Å²) in [5.74, 6) is 1.13. The van der Waals surface area contributed by atoms with Crippen LogP contribution in [0.3, 0.4) is 0 Å². The summed E-state index contributed by atoms with van der Waals surface area (Å²) in [6.45, 7) is 1.77. The van der Waals surface area contributed by atoms with Crippen LogP contribution in [0.15, 0.2) is 18.2 Å². The Balaban J connectivity index is 0.000000148. The van der Waals surface area contributed by atoms with E-state index < -0.39 is 5.97 Å².